The van der Waals surface area contributed by atoms with Crippen LogP contribution in [0.2, 0.25) is 0 Å². The fourth-order valence-corrected chi connectivity index (χ4v) is 10.3. The molecule has 0 radical (unpaired) electrons. The van der Waals surface area contributed by atoms with Crippen LogP contribution in [0.4, 0.5) is 39.8 Å². The molecule has 2 aliphatic carbocycles. The van der Waals surface area contributed by atoms with Gasteiger partial charge in [0, 0.05) is 34.1 Å². The molecule has 0 saturated heterocycles. The van der Waals surface area contributed by atoms with Gasteiger partial charge in [0.15, 0.2) is 5.69 Å². The second-order valence-electron chi connectivity index (χ2n) is 16.1. The normalized spacial score (nSPS) is 14.1. The van der Waals surface area contributed by atoms with Crippen molar-refractivity contribution in [1.82, 2.24) is 0 Å². The maximum Gasteiger partial charge on any atom is 0.187 e. The van der Waals surface area contributed by atoms with Gasteiger partial charge in [0.1, 0.15) is 0 Å². The van der Waals surface area contributed by atoms with E-state index in [4.69, 9.17) is 6.57 Å². The van der Waals surface area contributed by atoms with Crippen molar-refractivity contribution in [2.75, 3.05) is 9.80 Å². The van der Waals surface area contributed by atoms with Crippen molar-refractivity contribution in [1.29, 1.82) is 5.26 Å². The summed E-state index contributed by atoms with van der Waals surface area (Å²) in [4.78, 5) is 8.77. The fraction of sp³-hybridized carbons (Fsp3) is 0.107. The van der Waals surface area contributed by atoms with Crippen molar-refractivity contribution < 1.29 is 0 Å². The van der Waals surface area contributed by atoms with Gasteiger partial charge in [-0.05, 0) is 168 Å². The van der Waals surface area contributed by atoms with Gasteiger partial charge in [-0.1, -0.05) is 103 Å². The molecule has 8 aromatic carbocycles. The summed E-state index contributed by atoms with van der Waals surface area (Å²) in [6.45, 7) is 19.1. The van der Waals surface area contributed by atoms with E-state index >= 15 is 0 Å². The highest BCUT2D eigenvalue weighted by molar-refractivity contribution is 6.00. The molecule has 1 atom stereocenters. The molecule has 1 unspecified atom stereocenters. The van der Waals surface area contributed by atoms with Crippen molar-refractivity contribution >= 4 is 39.8 Å². The number of aryl methyl sites for hydroxylation is 3. The van der Waals surface area contributed by atoms with Crippen molar-refractivity contribution in [2.45, 2.75) is 40.0 Å². The van der Waals surface area contributed by atoms with Gasteiger partial charge in [-0.25, -0.2) is 4.85 Å². The Labute approximate surface area is 352 Å². The zero-order valence-corrected chi connectivity index (χ0v) is 34.4. The minimum absolute atomic E-state index is 0.590. The van der Waals surface area contributed by atoms with Gasteiger partial charge in [0.2, 0.25) is 0 Å². The van der Waals surface area contributed by atoms with Crippen LogP contribution in [0.5, 0.6) is 0 Å². The van der Waals surface area contributed by atoms with Gasteiger partial charge in [-0.3, -0.25) is 0 Å². The van der Waals surface area contributed by atoms with Gasteiger partial charge in [0.05, 0.1) is 23.6 Å². The molecule has 4 nitrogen and oxygen atoms in total. The number of benzene rings is 8. The average molecular weight is 771 g/mol. The highest BCUT2D eigenvalue weighted by atomic mass is 15.2. The molecule has 286 valence electrons. The number of nitrogens with zero attached hydrogens (tertiary/aromatic N) is 4. The molecule has 0 aromatic heterocycles. The second kappa shape index (κ2) is 14.0. The summed E-state index contributed by atoms with van der Waals surface area (Å²) in [5.74, 6) is 0. The third kappa shape index (κ3) is 5.21. The first kappa shape index (κ1) is 36.7. The third-order valence-corrected chi connectivity index (χ3v) is 12.8. The Bertz CT molecular complexity index is 3050. The third-order valence-electron chi connectivity index (χ3n) is 12.8. The topological polar surface area (TPSA) is 34.6 Å². The van der Waals surface area contributed by atoms with Crippen LogP contribution in [0, 0.1) is 52.5 Å². The van der Waals surface area contributed by atoms with Gasteiger partial charge in [-0.2, -0.15) is 5.26 Å². The summed E-state index contributed by atoms with van der Waals surface area (Å²) < 4.78 is 0. The van der Waals surface area contributed by atoms with E-state index in [1.165, 1.54) is 16.7 Å². The van der Waals surface area contributed by atoms with Crippen LogP contribution in [0.15, 0.2) is 164 Å². The molecule has 1 spiro atoms. The molecule has 60 heavy (non-hydrogen) atoms. The largest absolute Gasteiger partial charge is 0.310 e. The monoisotopic (exact) mass is 770 g/mol. The number of hydrogen-bond donors (Lipinski definition) is 0. The first-order valence-electron chi connectivity index (χ1n) is 20.5. The first-order valence-corrected chi connectivity index (χ1v) is 20.5. The van der Waals surface area contributed by atoms with E-state index < -0.39 is 5.41 Å². The van der Waals surface area contributed by atoms with Crippen molar-refractivity contribution in [3.63, 3.8) is 0 Å². The predicted octanol–water partition coefficient (Wildman–Crippen LogP) is 14.9. The maximum atomic E-state index is 10.8. The molecule has 10 rings (SSSR count). The summed E-state index contributed by atoms with van der Waals surface area (Å²) in [6, 6.07) is 60.8. The van der Waals surface area contributed by atoms with Crippen LogP contribution in [-0.4, -0.2) is 0 Å². The lowest BCUT2D eigenvalue weighted by Crippen LogP contribution is -2.29. The smallest absolute Gasteiger partial charge is 0.187 e. The molecule has 2 aliphatic rings. The standard InChI is InChI=1S/C56H42N4/c1-35-17-13-15-23-51(35)60(52-24-16-14-18-36(52)2)53-30-29-46-44-28-26-43(59(41-19-9-7-10-20-41)42-21-11-8-12-22-42)33-50(44)56(55(46)39(53)5)49-32-40(58-6)25-27-45(49)47-31-37(3)48(34-57)38(4)54(47)56/h7-33H,1-5H3. The molecule has 0 amide bonds. The SMILES string of the molecule is [C-]#[N+]c1ccc2c(c1)C1(c3cc(N(c4ccccc4)c4ccccc4)ccc3-c3ccc(N(c4ccccc4C)c4ccccc4C)c(C)c31)c1c-2cc(C)c(C#N)c1C. The molecule has 8 aromatic rings. The maximum absolute atomic E-state index is 10.8. The molecule has 0 heterocycles. The lowest BCUT2D eigenvalue weighted by molar-refractivity contribution is 0.778. The minimum Gasteiger partial charge on any atom is -0.310 e. The van der Waals surface area contributed by atoms with Gasteiger partial charge in [-0.15, -0.1) is 0 Å². The summed E-state index contributed by atoms with van der Waals surface area (Å²) in [5.41, 5.74) is 21.3. The highest BCUT2D eigenvalue weighted by Gasteiger charge is 2.54. The number of fused-ring (bicyclic) bond motifs is 10. The number of hydrogen-bond acceptors (Lipinski definition) is 3. The van der Waals surface area contributed by atoms with E-state index in [2.05, 4.69) is 206 Å². The lowest BCUT2D eigenvalue weighted by atomic mass is 9.67. The Morgan fingerprint density at radius 3 is 1.60 bits per heavy atom. The van der Waals surface area contributed by atoms with Crippen LogP contribution in [-0.2, 0) is 5.41 Å². The molecule has 0 N–H and O–H groups in total. The quantitative estimate of drug-likeness (QED) is 0.158. The van der Waals surface area contributed by atoms with Crippen LogP contribution >= 0.6 is 0 Å². The van der Waals surface area contributed by atoms with Crippen LogP contribution in [0.25, 0.3) is 27.1 Å². The van der Waals surface area contributed by atoms with Crippen molar-refractivity contribution in [3.8, 4) is 28.3 Å². The van der Waals surface area contributed by atoms with Crippen LogP contribution in [0.3, 0.4) is 0 Å². The Hall–Kier alpha value is -7.66. The highest BCUT2D eigenvalue weighted by Crippen LogP contribution is 2.66. The molecular weight excluding hydrogens is 729 g/mol. The van der Waals surface area contributed by atoms with Crippen LogP contribution in [0.1, 0.15) is 55.6 Å². The van der Waals surface area contributed by atoms with Gasteiger partial charge in [0.25, 0.3) is 0 Å². The van der Waals surface area contributed by atoms with E-state index in [0.717, 1.165) is 89.8 Å². The molecule has 0 fully saturated rings. The molecular formula is C56H42N4. The first-order chi connectivity index (χ1) is 29.3. The number of anilines is 6. The van der Waals surface area contributed by atoms with Crippen LogP contribution < -0.4 is 9.80 Å². The van der Waals surface area contributed by atoms with E-state index in [-0.39, 0.29) is 0 Å². The number of rotatable bonds is 6. The summed E-state index contributed by atoms with van der Waals surface area (Å²) in [7, 11) is 0. The van der Waals surface area contributed by atoms with Crippen molar-refractivity contribution in [2.24, 2.45) is 0 Å². The Kier molecular flexibility index (Phi) is 8.57. The molecule has 0 saturated carbocycles. The van der Waals surface area contributed by atoms with E-state index in [0.29, 0.717) is 11.3 Å². The lowest BCUT2D eigenvalue weighted by Gasteiger charge is -2.36. The Balaban J connectivity index is 1.36. The molecule has 0 aliphatic heterocycles. The van der Waals surface area contributed by atoms with Crippen molar-refractivity contribution in [3.05, 3.63) is 231 Å². The zero-order valence-electron chi connectivity index (χ0n) is 34.4. The van der Waals surface area contributed by atoms with Gasteiger partial charge < -0.3 is 9.80 Å². The summed E-state index contributed by atoms with van der Waals surface area (Å²) >= 11 is 0. The molecule has 4 heteroatoms. The fourth-order valence-electron chi connectivity index (χ4n) is 10.3. The number of para-hydroxylation sites is 4. The van der Waals surface area contributed by atoms with E-state index in [1.54, 1.807) is 0 Å². The zero-order chi connectivity index (χ0) is 41.3. The number of nitriles is 1. The van der Waals surface area contributed by atoms with E-state index in [1.807, 2.05) is 13.0 Å². The predicted molar refractivity (Wildman–Crippen MR) is 247 cm³/mol. The van der Waals surface area contributed by atoms with Gasteiger partial charge >= 0.3 is 0 Å². The summed E-state index contributed by atoms with van der Waals surface area (Å²) in [6.07, 6.45) is 0. The minimum atomic E-state index is -0.850. The summed E-state index contributed by atoms with van der Waals surface area (Å²) in [5, 5.41) is 10.8. The molecule has 0 bridgehead atoms. The van der Waals surface area contributed by atoms with E-state index in [9.17, 15) is 5.26 Å². The second-order valence-corrected chi connectivity index (χ2v) is 16.1. The Morgan fingerprint density at radius 2 is 1.00 bits per heavy atom. The average Bonchev–Trinajstić information content (AvgIpc) is 3.73. The Morgan fingerprint density at radius 1 is 0.467 bits per heavy atom.